The van der Waals surface area contributed by atoms with Gasteiger partial charge in [0.1, 0.15) is 4.90 Å². The van der Waals surface area contributed by atoms with Gasteiger partial charge in [0, 0.05) is 25.8 Å². The number of hydrogen-bond donors (Lipinski definition) is 1. The molecule has 0 amide bonds. The van der Waals surface area contributed by atoms with E-state index in [1.54, 1.807) is 4.68 Å². The number of piperidine rings is 1. The molecule has 18 heavy (non-hydrogen) atoms. The Balaban J connectivity index is 2.27. The molecule has 1 aromatic heterocycles. The van der Waals surface area contributed by atoms with Crippen LogP contribution in [0.3, 0.4) is 0 Å². The van der Waals surface area contributed by atoms with Crippen LogP contribution in [0.15, 0.2) is 11.1 Å². The smallest absolute Gasteiger partial charge is 0.248 e. The number of sulfonamides is 1. The molecule has 0 saturated carbocycles. The number of rotatable bonds is 3. The normalized spacial score (nSPS) is 19.2. The summed E-state index contributed by atoms with van der Waals surface area (Å²) in [4.78, 5) is 0.138. The minimum atomic E-state index is -3.48. The second-order valence-corrected chi connectivity index (χ2v) is 6.73. The van der Waals surface area contributed by atoms with E-state index in [-0.39, 0.29) is 10.7 Å². The van der Waals surface area contributed by atoms with Gasteiger partial charge in [0.2, 0.25) is 10.0 Å². The fourth-order valence-electron chi connectivity index (χ4n) is 2.14. The summed E-state index contributed by atoms with van der Waals surface area (Å²) in [6, 6.07) is 0. The maximum absolute atomic E-state index is 12.4. The third-order valence-electron chi connectivity index (χ3n) is 3.44. The van der Waals surface area contributed by atoms with Crippen molar-refractivity contribution in [1.82, 2.24) is 14.1 Å². The number of hydrogen-bond acceptors (Lipinski definition) is 4. The maximum Gasteiger partial charge on any atom is 0.248 e. The highest BCUT2D eigenvalue weighted by atomic mass is 32.2. The van der Waals surface area contributed by atoms with Gasteiger partial charge in [-0.1, -0.05) is 6.92 Å². The molecule has 102 valence electrons. The first kappa shape index (κ1) is 13.4. The van der Waals surface area contributed by atoms with Crippen LogP contribution in [0.25, 0.3) is 0 Å². The zero-order valence-electron chi connectivity index (χ0n) is 10.8. The van der Waals surface area contributed by atoms with Crippen molar-refractivity contribution in [2.45, 2.75) is 38.1 Å². The number of aryl methyl sites for hydroxylation is 1. The lowest BCUT2D eigenvalue weighted by atomic mass is 10.0. The van der Waals surface area contributed by atoms with Crippen LogP contribution in [0.2, 0.25) is 0 Å². The van der Waals surface area contributed by atoms with E-state index in [0.29, 0.717) is 25.6 Å². The first-order valence-electron chi connectivity index (χ1n) is 6.28. The summed E-state index contributed by atoms with van der Waals surface area (Å²) in [5.74, 6) is 0.683. The fourth-order valence-corrected chi connectivity index (χ4v) is 3.67. The Labute approximate surface area is 108 Å². The zero-order chi connectivity index (χ0) is 13.3. The molecule has 2 rings (SSSR count). The van der Waals surface area contributed by atoms with Crippen LogP contribution in [-0.2, 0) is 16.6 Å². The van der Waals surface area contributed by atoms with E-state index in [4.69, 9.17) is 5.73 Å². The minimum absolute atomic E-state index is 0.0930. The summed E-state index contributed by atoms with van der Waals surface area (Å²) in [5.41, 5.74) is 5.70. The van der Waals surface area contributed by atoms with E-state index in [1.165, 1.54) is 10.5 Å². The molecule has 0 radical (unpaired) electrons. The Bertz CT molecular complexity index is 515. The number of nitrogens with zero attached hydrogens (tertiary/aromatic N) is 3. The van der Waals surface area contributed by atoms with Crippen LogP contribution >= 0.6 is 0 Å². The summed E-state index contributed by atoms with van der Waals surface area (Å²) in [5, 5.41) is 3.99. The molecule has 0 bridgehead atoms. The van der Waals surface area contributed by atoms with Gasteiger partial charge in [-0.3, -0.25) is 4.68 Å². The van der Waals surface area contributed by atoms with Gasteiger partial charge in [-0.05, 0) is 25.7 Å². The average molecular weight is 272 g/mol. The molecule has 1 aromatic rings. The van der Waals surface area contributed by atoms with Crippen molar-refractivity contribution in [1.29, 1.82) is 0 Å². The quantitative estimate of drug-likeness (QED) is 0.886. The standard InChI is InChI=1S/C11H20N4O2S/c1-3-14-8-10(11(12)13-14)18(16,17)15-6-4-9(2)5-7-15/h8-9H,3-7H2,1-2H3,(H2,12,13). The maximum atomic E-state index is 12.4. The first-order valence-corrected chi connectivity index (χ1v) is 7.72. The zero-order valence-corrected chi connectivity index (χ0v) is 11.7. The molecule has 1 saturated heterocycles. The molecular weight excluding hydrogens is 252 g/mol. The highest BCUT2D eigenvalue weighted by Gasteiger charge is 2.31. The lowest BCUT2D eigenvalue weighted by molar-refractivity contribution is 0.288. The molecule has 0 aliphatic carbocycles. The third-order valence-corrected chi connectivity index (χ3v) is 5.35. The SMILES string of the molecule is CCn1cc(S(=O)(=O)N2CCC(C)CC2)c(N)n1. The highest BCUT2D eigenvalue weighted by molar-refractivity contribution is 7.89. The van der Waals surface area contributed by atoms with Gasteiger partial charge < -0.3 is 5.73 Å². The van der Waals surface area contributed by atoms with E-state index in [1.807, 2.05) is 6.92 Å². The van der Waals surface area contributed by atoms with Crippen LogP contribution in [0, 0.1) is 5.92 Å². The van der Waals surface area contributed by atoms with Gasteiger partial charge in [-0.25, -0.2) is 8.42 Å². The molecule has 2 N–H and O–H groups in total. The van der Waals surface area contributed by atoms with Crippen molar-refractivity contribution in [3.05, 3.63) is 6.20 Å². The Morgan fingerprint density at radius 1 is 1.44 bits per heavy atom. The van der Waals surface area contributed by atoms with Gasteiger partial charge in [0.25, 0.3) is 0 Å². The summed E-state index contributed by atoms with van der Waals surface area (Å²) in [6.07, 6.45) is 3.32. The second kappa shape index (κ2) is 4.89. The van der Waals surface area contributed by atoms with E-state index in [9.17, 15) is 8.42 Å². The van der Waals surface area contributed by atoms with Gasteiger partial charge >= 0.3 is 0 Å². The van der Waals surface area contributed by atoms with Gasteiger partial charge in [-0.15, -0.1) is 0 Å². The predicted octanol–water partition coefficient (Wildman–Crippen LogP) is 0.906. The molecule has 2 heterocycles. The largest absolute Gasteiger partial charge is 0.381 e. The van der Waals surface area contributed by atoms with Crippen LogP contribution in [-0.4, -0.2) is 35.6 Å². The van der Waals surface area contributed by atoms with Crippen LogP contribution in [0.4, 0.5) is 5.82 Å². The van der Waals surface area contributed by atoms with Crippen molar-refractivity contribution in [2.75, 3.05) is 18.8 Å². The molecular formula is C11H20N4O2S. The second-order valence-electron chi connectivity index (χ2n) is 4.82. The predicted molar refractivity (Wildman–Crippen MR) is 69.5 cm³/mol. The molecule has 0 spiro atoms. The molecule has 1 aliphatic heterocycles. The third kappa shape index (κ3) is 2.37. The summed E-state index contributed by atoms with van der Waals surface area (Å²) in [7, 11) is -3.48. The molecule has 6 nitrogen and oxygen atoms in total. The summed E-state index contributed by atoms with van der Waals surface area (Å²) < 4.78 is 27.9. The van der Waals surface area contributed by atoms with Crippen LogP contribution in [0.5, 0.6) is 0 Å². The van der Waals surface area contributed by atoms with E-state index < -0.39 is 10.0 Å². The molecule has 0 unspecified atom stereocenters. The summed E-state index contributed by atoms with van der Waals surface area (Å²) in [6.45, 7) is 5.79. The minimum Gasteiger partial charge on any atom is -0.381 e. The first-order chi connectivity index (χ1) is 8.45. The highest BCUT2D eigenvalue weighted by Crippen LogP contribution is 2.26. The Hall–Kier alpha value is -1.08. The van der Waals surface area contributed by atoms with Gasteiger partial charge in [-0.2, -0.15) is 9.40 Å². The van der Waals surface area contributed by atoms with E-state index >= 15 is 0 Å². The Morgan fingerprint density at radius 3 is 2.56 bits per heavy atom. The average Bonchev–Trinajstić information content (AvgIpc) is 2.72. The van der Waals surface area contributed by atoms with Crippen molar-refractivity contribution >= 4 is 15.8 Å². The Kier molecular flexibility index (Phi) is 3.63. The van der Waals surface area contributed by atoms with Crippen LogP contribution < -0.4 is 5.73 Å². The van der Waals surface area contributed by atoms with Crippen molar-refractivity contribution in [2.24, 2.45) is 5.92 Å². The number of nitrogens with two attached hydrogens (primary N) is 1. The molecule has 0 atom stereocenters. The number of anilines is 1. The van der Waals surface area contributed by atoms with Gasteiger partial charge in [0.15, 0.2) is 5.82 Å². The number of aromatic nitrogens is 2. The molecule has 1 aliphatic rings. The fraction of sp³-hybridized carbons (Fsp3) is 0.727. The molecule has 1 fully saturated rings. The lowest BCUT2D eigenvalue weighted by Gasteiger charge is -2.29. The van der Waals surface area contributed by atoms with Crippen molar-refractivity contribution < 1.29 is 8.42 Å². The van der Waals surface area contributed by atoms with Crippen molar-refractivity contribution in [3.8, 4) is 0 Å². The Morgan fingerprint density at radius 2 is 2.06 bits per heavy atom. The topological polar surface area (TPSA) is 81.2 Å². The molecule has 0 aromatic carbocycles. The molecule has 7 heteroatoms. The van der Waals surface area contributed by atoms with Gasteiger partial charge in [0.05, 0.1) is 0 Å². The monoisotopic (exact) mass is 272 g/mol. The van der Waals surface area contributed by atoms with Crippen molar-refractivity contribution in [3.63, 3.8) is 0 Å². The summed E-state index contributed by atoms with van der Waals surface area (Å²) >= 11 is 0. The number of nitrogen functional groups attached to an aromatic ring is 1. The van der Waals surface area contributed by atoms with E-state index in [0.717, 1.165) is 12.8 Å². The van der Waals surface area contributed by atoms with Crippen LogP contribution in [0.1, 0.15) is 26.7 Å². The van der Waals surface area contributed by atoms with E-state index in [2.05, 4.69) is 12.0 Å². The lowest BCUT2D eigenvalue weighted by Crippen LogP contribution is -2.38.